The Kier molecular flexibility index (Phi) is 8.27. The molecule has 0 radical (unpaired) electrons. The molecule has 38 heavy (non-hydrogen) atoms. The van der Waals surface area contributed by atoms with Gasteiger partial charge in [-0.05, 0) is 74.1 Å². The minimum absolute atomic E-state index is 0.00951. The molecule has 0 amide bonds. The van der Waals surface area contributed by atoms with Gasteiger partial charge in [-0.3, -0.25) is 4.79 Å². The van der Waals surface area contributed by atoms with E-state index in [2.05, 4.69) is 6.92 Å². The molecule has 5 nitrogen and oxygen atoms in total. The summed E-state index contributed by atoms with van der Waals surface area (Å²) < 4.78 is 21.5. The van der Waals surface area contributed by atoms with E-state index < -0.39 is 11.9 Å². The number of rotatable bonds is 6. The summed E-state index contributed by atoms with van der Waals surface area (Å²) in [5.41, 5.74) is 2.31. The van der Waals surface area contributed by atoms with Crippen LogP contribution in [0.4, 0.5) is 4.39 Å². The van der Waals surface area contributed by atoms with Gasteiger partial charge in [0.25, 0.3) is 0 Å². The number of phenols is 2. The fraction of sp³-hybridized carbons (Fsp3) is 0.594. The summed E-state index contributed by atoms with van der Waals surface area (Å²) in [6.45, 7) is 2.14. The van der Waals surface area contributed by atoms with Crippen LogP contribution in [0, 0.1) is 29.5 Å². The maximum absolute atomic E-state index is 15.1. The number of carbonyl (C=O) groups is 1. The number of phenolic OH excluding ortho intramolecular Hbond substituents is 2. The third-order valence-corrected chi connectivity index (χ3v) is 9.07. The molecular weight excluding hydrogens is 483 g/mol. The van der Waals surface area contributed by atoms with E-state index in [1.165, 1.54) is 12.1 Å². The summed E-state index contributed by atoms with van der Waals surface area (Å²) in [7, 11) is 0. The number of Topliss-reactive ketones (excluding diaryl/α,β-unsaturated/α-hetero) is 1. The number of aromatic hydroxyl groups is 2. The minimum Gasteiger partial charge on any atom is -0.508 e. The van der Waals surface area contributed by atoms with Crippen LogP contribution in [0.15, 0.2) is 30.3 Å². The van der Waals surface area contributed by atoms with Crippen molar-refractivity contribution >= 4 is 5.78 Å². The molecule has 0 aromatic heterocycles. The normalized spacial score (nSPS) is 29.9. The lowest BCUT2D eigenvalue weighted by atomic mass is 9.80. The first-order valence-electron chi connectivity index (χ1n) is 14.5. The van der Waals surface area contributed by atoms with Crippen molar-refractivity contribution in [2.45, 2.75) is 96.2 Å². The lowest BCUT2D eigenvalue weighted by Gasteiger charge is -2.30. The van der Waals surface area contributed by atoms with E-state index in [1.807, 2.05) is 0 Å². The molecule has 0 aliphatic heterocycles. The Labute approximate surface area is 225 Å². The van der Waals surface area contributed by atoms with Crippen LogP contribution in [0.5, 0.6) is 17.2 Å². The summed E-state index contributed by atoms with van der Waals surface area (Å²) in [4.78, 5) is 12.9. The van der Waals surface area contributed by atoms with E-state index in [0.29, 0.717) is 42.4 Å². The van der Waals surface area contributed by atoms with Crippen LogP contribution in [0.25, 0.3) is 0 Å². The van der Waals surface area contributed by atoms with Gasteiger partial charge in [0.05, 0.1) is 6.10 Å². The summed E-state index contributed by atoms with van der Waals surface area (Å²) in [6, 6.07) is 7.86. The molecule has 6 unspecified atom stereocenters. The molecule has 0 saturated heterocycles. The number of carbonyl (C=O) groups excluding carboxylic acids is 1. The van der Waals surface area contributed by atoms with E-state index in [4.69, 9.17) is 4.74 Å². The predicted octanol–water partition coefficient (Wildman–Crippen LogP) is 6.80. The second-order valence-electron chi connectivity index (χ2n) is 12.2. The quantitative estimate of drug-likeness (QED) is 0.387. The van der Waals surface area contributed by atoms with Crippen LogP contribution >= 0.6 is 0 Å². The zero-order valence-corrected chi connectivity index (χ0v) is 22.4. The Balaban J connectivity index is 1.38. The number of hydrogen-bond acceptors (Lipinski definition) is 5. The van der Waals surface area contributed by atoms with Gasteiger partial charge < -0.3 is 20.1 Å². The highest BCUT2D eigenvalue weighted by molar-refractivity contribution is 5.81. The van der Waals surface area contributed by atoms with Crippen molar-refractivity contribution in [3.8, 4) is 17.2 Å². The first-order chi connectivity index (χ1) is 18.3. The molecule has 5 rings (SSSR count). The van der Waals surface area contributed by atoms with Crippen LogP contribution in [-0.2, 0) is 17.6 Å². The lowest BCUT2D eigenvalue weighted by molar-refractivity contribution is -0.124. The topological polar surface area (TPSA) is 87.0 Å². The number of ether oxygens (including phenoxy) is 1. The van der Waals surface area contributed by atoms with Gasteiger partial charge in [0.2, 0.25) is 0 Å². The Morgan fingerprint density at radius 1 is 1.00 bits per heavy atom. The second kappa shape index (κ2) is 11.6. The molecule has 2 saturated carbocycles. The standard InChI is InChI=1S/C32H41FO5/c1-19-5-2-3-7-22(29(36)11-19)12-21-9-10-28(33)31(15-21)38-32-23(13-20-6-4-8-24(34)14-20)16-26-27(32)17-25(35)18-30(26)37/h9-10,15,17-20,22-24,32,34-35,37H,2-8,11-14,16H2,1H3. The van der Waals surface area contributed by atoms with Crippen molar-refractivity contribution in [3.05, 3.63) is 52.8 Å². The van der Waals surface area contributed by atoms with Crippen molar-refractivity contribution in [1.29, 1.82) is 0 Å². The maximum atomic E-state index is 15.1. The SMILES string of the molecule is CC1CCCCC(Cc2ccc(F)c(OC3c4cc(O)cc(O)c4CC3CC3CCCC(O)C3)c2)C(=O)C1. The predicted molar refractivity (Wildman–Crippen MR) is 144 cm³/mol. The molecule has 0 bridgehead atoms. The summed E-state index contributed by atoms with van der Waals surface area (Å²) >= 11 is 0. The molecule has 3 N–H and O–H groups in total. The van der Waals surface area contributed by atoms with Gasteiger partial charge >= 0.3 is 0 Å². The van der Waals surface area contributed by atoms with E-state index in [1.54, 1.807) is 18.2 Å². The highest BCUT2D eigenvalue weighted by Crippen LogP contribution is 2.48. The lowest BCUT2D eigenvalue weighted by Crippen LogP contribution is -2.24. The van der Waals surface area contributed by atoms with Gasteiger partial charge in [-0.2, -0.15) is 0 Å². The van der Waals surface area contributed by atoms with Crippen LogP contribution in [0.1, 0.15) is 93.9 Å². The molecule has 6 heteroatoms. The number of hydrogen-bond donors (Lipinski definition) is 3. The molecule has 0 spiro atoms. The molecule has 2 aromatic rings. The fourth-order valence-electron chi connectivity index (χ4n) is 7.09. The molecular formula is C32H41FO5. The van der Waals surface area contributed by atoms with Crippen molar-refractivity contribution < 1.29 is 29.2 Å². The van der Waals surface area contributed by atoms with E-state index in [9.17, 15) is 20.1 Å². The molecule has 0 heterocycles. The Morgan fingerprint density at radius 3 is 2.63 bits per heavy atom. The molecule has 2 aromatic carbocycles. The summed E-state index contributed by atoms with van der Waals surface area (Å²) in [6.07, 6.45) is 9.49. The van der Waals surface area contributed by atoms with Gasteiger partial charge in [0.1, 0.15) is 23.4 Å². The van der Waals surface area contributed by atoms with E-state index in [-0.39, 0.29) is 35.2 Å². The van der Waals surface area contributed by atoms with Crippen LogP contribution in [-0.4, -0.2) is 27.2 Å². The first kappa shape index (κ1) is 27.0. The number of fused-ring (bicyclic) bond motifs is 1. The number of halogens is 1. The minimum atomic E-state index is -0.518. The highest BCUT2D eigenvalue weighted by Gasteiger charge is 2.39. The van der Waals surface area contributed by atoms with Crippen molar-refractivity contribution in [2.24, 2.45) is 23.7 Å². The number of aliphatic hydroxyl groups excluding tert-OH is 1. The zero-order valence-electron chi connectivity index (χ0n) is 22.4. The summed E-state index contributed by atoms with van der Waals surface area (Å²) in [5, 5.41) is 31.0. The van der Waals surface area contributed by atoms with Gasteiger partial charge in [0, 0.05) is 35.4 Å². The van der Waals surface area contributed by atoms with Gasteiger partial charge in [-0.15, -0.1) is 0 Å². The Morgan fingerprint density at radius 2 is 1.82 bits per heavy atom. The highest BCUT2D eigenvalue weighted by atomic mass is 19.1. The molecule has 2 fully saturated rings. The van der Waals surface area contributed by atoms with Gasteiger partial charge in [0.15, 0.2) is 11.6 Å². The van der Waals surface area contributed by atoms with Crippen LogP contribution in [0.3, 0.4) is 0 Å². The number of ketones is 1. The van der Waals surface area contributed by atoms with Gasteiger partial charge in [-0.25, -0.2) is 4.39 Å². The monoisotopic (exact) mass is 524 g/mol. The number of benzene rings is 2. The van der Waals surface area contributed by atoms with E-state index in [0.717, 1.165) is 68.9 Å². The summed E-state index contributed by atoms with van der Waals surface area (Å²) in [5.74, 6) is 0.654. The van der Waals surface area contributed by atoms with E-state index >= 15 is 4.39 Å². The largest absolute Gasteiger partial charge is 0.508 e. The molecule has 3 aliphatic carbocycles. The number of aliphatic hydroxyl groups is 1. The molecule has 206 valence electrons. The average Bonchev–Trinajstić information content (AvgIpc) is 3.19. The van der Waals surface area contributed by atoms with Crippen molar-refractivity contribution in [3.63, 3.8) is 0 Å². The zero-order chi connectivity index (χ0) is 26.8. The van der Waals surface area contributed by atoms with Crippen molar-refractivity contribution in [1.82, 2.24) is 0 Å². The third-order valence-electron chi connectivity index (χ3n) is 9.07. The van der Waals surface area contributed by atoms with Gasteiger partial charge in [-0.1, -0.05) is 45.1 Å². The molecule has 3 aliphatic rings. The fourth-order valence-corrected chi connectivity index (χ4v) is 7.09. The third kappa shape index (κ3) is 6.17. The van der Waals surface area contributed by atoms with Crippen LogP contribution in [0.2, 0.25) is 0 Å². The Bertz CT molecular complexity index is 1150. The Hall–Kier alpha value is -2.60. The first-order valence-corrected chi connectivity index (χ1v) is 14.5. The van der Waals surface area contributed by atoms with Crippen LogP contribution < -0.4 is 4.74 Å². The van der Waals surface area contributed by atoms with Crippen molar-refractivity contribution in [2.75, 3.05) is 0 Å². The average molecular weight is 525 g/mol. The molecule has 6 atom stereocenters. The second-order valence-corrected chi connectivity index (χ2v) is 12.2. The smallest absolute Gasteiger partial charge is 0.165 e. The maximum Gasteiger partial charge on any atom is 0.165 e.